The third-order valence-electron chi connectivity index (χ3n) is 2.06. The summed E-state index contributed by atoms with van der Waals surface area (Å²) in [4.78, 5) is 0. The lowest BCUT2D eigenvalue weighted by atomic mass is 10.1. The number of aliphatic hydroxyl groups is 1. The van der Waals surface area contributed by atoms with Gasteiger partial charge in [0.1, 0.15) is 10.8 Å². The average Bonchev–Trinajstić information content (AvgIpc) is 2.58. The van der Waals surface area contributed by atoms with Gasteiger partial charge in [0.15, 0.2) is 11.5 Å². The summed E-state index contributed by atoms with van der Waals surface area (Å²) >= 11 is 5.82. The van der Waals surface area contributed by atoms with E-state index in [4.69, 9.17) is 21.1 Å². The van der Waals surface area contributed by atoms with E-state index in [9.17, 15) is 10.2 Å². The molecule has 0 spiro atoms. The van der Waals surface area contributed by atoms with Crippen molar-refractivity contribution in [3.63, 3.8) is 0 Å². The molecule has 4 nitrogen and oxygen atoms in total. The van der Waals surface area contributed by atoms with Crippen LogP contribution in [-0.2, 0) is 0 Å². The van der Waals surface area contributed by atoms with Crippen molar-refractivity contribution in [1.29, 1.82) is 0 Å². The summed E-state index contributed by atoms with van der Waals surface area (Å²) in [6.45, 7) is 1.62. The molecule has 76 valence electrons. The quantitative estimate of drug-likeness (QED) is 0.752. The van der Waals surface area contributed by atoms with Gasteiger partial charge in [-0.15, -0.1) is 0 Å². The zero-order valence-electron chi connectivity index (χ0n) is 7.45. The van der Waals surface area contributed by atoms with Gasteiger partial charge in [0.2, 0.25) is 6.79 Å². The van der Waals surface area contributed by atoms with Crippen molar-refractivity contribution in [2.45, 2.75) is 13.0 Å². The molecule has 0 saturated heterocycles. The molecule has 1 aliphatic heterocycles. The Balaban J connectivity index is 2.61. The molecule has 0 aliphatic carbocycles. The lowest BCUT2D eigenvalue weighted by Crippen LogP contribution is -1.93. The third kappa shape index (κ3) is 1.27. The highest BCUT2D eigenvalue weighted by Gasteiger charge is 2.24. The molecule has 1 unspecified atom stereocenters. The van der Waals surface area contributed by atoms with Crippen LogP contribution in [0.15, 0.2) is 6.07 Å². The fourth-order valence-electron chi connectivity index (χ4n) is 1.33. The van der Waals surface area contributed by atoms with Crippen molar-refractivity contribution in [3.05, 3.63) is 16.7 Å². The van der Waals surface area contributed by atoms with E-state index in [-0.39, 0.29) is 17.6 Å². The van der Waals surface area contributed by atoms with Crippen LogP contribution >= 0.6 is 11.6 Å². The van der Waals surface area contributed by atoms with Gasteiger partial charge in [0.25, 0.3) is 0 Å². The van der Waals surface area contributed by atoms with Crippen LogP contribution in [0.3, 0.4) is 0 Å². The predicted octanol–water partition coefficient (Wildman–Crippen LogP) is 1.83. The zero-order valence-corrected chi connectivity index (χ0v) is 8.21. The standard InChI is InChI=1S/C9H9ClO4/c1-4(11)5-2-6-9(14-3-13-6)7(10)8(5)12/h2,4,11-12H,3H2,1H3. The average molecular weight is 217 g/mol. The van der Waals surface area contributed by atoms with E-state index in [0.29, 0.717) is 17.1 Å². The van der Waals surface area contributed by atoms with Gasteiger partial charge in [-0.1, -0.05) is 11.6 Å². The van der Waals surface area contributed by atoms with Gasteiger partial charge in [-0.05, 0) is 13.0 Å². The Hall–Kier alpha value is -1.13. The van der Waals surface area contributed by atoms with Gasteiger partial charge >= 0.3 is 0 Å². The van der Waals surface area contributed by atoms with Crippen molar-refractivity contribution in [2.75, 3.05) is 6.79 Å². The Morgan fingerprint density at radius 2 is 2.21 bits per heavy atom. The van der Waals surface area contributed by atoms with Crippen molar-refractivity contribution in [2.24, 2.45) is 0 Å². The number of ether oxygens (including phenoxy) is 2. The summed E-state index contributed by atoms with van der Waals surface area (Å²) in [6.07, 6.45) is -0.804. The number of hydrogen-bond acceptors (Lipinski definition) is 4. The second-order valence-corrected chi connectivity index (χ2v) is 3.42. The van der Waals surface area contributed by atoms with E-state index in [1.54, 1.807) is 0 Å². The van der Waals surface area contributed by atoms with E-state index in [0.717, 1.165) is 0 Å². The van der Waals surface area contributed by atoms with E-state index in [2.05, 4.69) is 0 Å². The minimum Gasteiger partial charge on any atom is -0.506 e. The molecule has 1 heterocycles. The van der Waals surface area contributed by atoms with E-state index < -0.39 is 6.10 Å². The molecule has 14 heavy (non-hydrogen) atoms. The van der Waals surface area contributed by atoms with Crippen LogP contribution in [0.4, 0.5) is 0 Å². The second-order valence-electron chi connectivity index (χ2n) is 3.04. The van der Waals surface area contributed by atoms with Crippen LogP contribution in [0.1, 0.15) is 18.6 Å². The van der Waals surface area contributed by atoms with Crippen LogP contribution in [0.2, 0.25) is 5.02 Å². The van der Waals surface area contributed by atoms with E-state index in [1.807, 2.05) is 0 Å². The number of halogens is 1. The molecule has 1 aromatic carbocycles. The fourth-order valence-corrected chi connectivity index (χ4v) is 1.59. The number of phenolic OH excluding ortho intramolecular Hbond substituents is 1. The number of aromatic hydroxyl groups is 1. The van der Waals surface area contributed by atoms with Gasteiger partial charge in [-0.3, -0.25) is 0 Å². The molecule has 0 saturated carbocycles. The lowest BCUT2D eigenvalue weighted by molar-refractivity contribution is 0.173. The van der Waals surface area contributed by atoms with Crippen molar-refractivity contribution in [3.8, 4) is 17.2 Å². The van der Waals surface area contributed by atoms with Gasteiger partial charge in [-0.2, -0.15) is 0 Å². The number of rotatable bonds is 1. The molecule has 0 fully saturated rings. The molecule has 0 amide bonds. The highest BCUT2D eigenvalue weighted by Crippen LogP contribution is 2.47. The fraction of sp³-hybridized carbons (Fsp3) is 0.333. The molecule has 1 atom stereocenters. The zero-order chi connectivity index (χ0) is 10.3. The van der Waals surface area contributed by atoms with Crippen LogP contribution in [-0.4, -0.2) is 17.0 Å². The Kier molecular flexibility index (Phi) is 2.17. The van der Waals surface area contributed by atoms with Crippen molar-refractivity contribution >= 4 is 11.6 Å². The maximum atomic E-state index is 9.60. The van der Waals surface area contributed by atoms with Crippen molar-refractivity contribution in [1.82, 2.24) is 0 Å². The largest absolute Gasteiger partial charge is 0.506 e. The number of phenols is 1. The summed E-state index contributed by atoms with van der Waals surface area (Å²) in [5, 5.41) is 19.0. The number of fused-ring (bicyclic) bond motifs is 1. The number of hydrogen-bond donors (Lipinski definition) is 2. The first-order valence-corrected chi connectivity index (χ1v) is 4.48. The van der Waals surface area contributed by atoms with Crippen LogP contribution in [0.25, 0.3) is 0 Å². The smallest absolute Gasteiger partial charge is 0.231 e. The third-order valence-corrected chi connectivity index (χ3v) is 2.41. The second kappa shape index (κ2) is 3.22. The maximum Gasteiger partial charge on any atom is 0.231 e. The number of aliphatic hydroxyl groups excluding tert-OH is 1. The first-order valence-electron chi connectivity index (χ1n) is 4.10. The lowest BCUT2D eigenvalue weighted by Gasteiger charge is -2.10. The summed E-state index contributed by atoms with van der Waals surface area (Å²) < 4.78 is 10.1. The Bertz CT molecular complexity index is 376. The monoisotopic (exact) mass is 216 g/mol. The molecular weight excluding hydrogens is 208 g/mol. The summed E-state index contributed by atoms with van der Waals surface area (Å²) in [6, 6.07) is 1.52. The first-order chi connectivity index (χ1) is 6.61. The van der Waals surface area contributed by atoms with Crippen LogP contribution in [0.5, 0.6) is 17.2 Å². The predicted molar refractivity (Wildman–Crippen MR) is 49.9 cm³/mol. The minimum atomic E-state index is -0.804. The molecule has 0 bridgehead atoms. The van der Waals surface area contributed by atoms with Gasteiger partial charge in [0.05, 0.1) is 6.10 Å². The SMILES string of the molecule is CC(O)c1cc2c(c(Cl)c1O)OCO2. The summed E-state index contributed by atoms with van der Waals surface area (Å²) in [5.41, 5.74) is 0.333. The molecule has 2 N–H and O–H groups in total. The van der Waals surface area contributed by atoms with Gasteiger partial charge < -0.3 is 19.7 Å². The van der Waals surface area contributed by atoms with E-state index in [1.165, 1.54) is 13.0 Å². The van der Waals surface area contributed by atoms with Crippen molar-refractivity contribution < 1.29 is 19.7 Å². The molecule has 0 aromatic heterocycles. The van der Waals surface area contributed by atoms with Crippen LogP contribution in [0, 0.1) is 0 Å². The maximum absolute atomic E-state index is 9.60. The molecule has 1 aromatic rings. The molecular formula is C9H9ClO4. The molecule has 5 heteroatoms. The van der Waals surface area contributed by atoms with Gasteiger partial charge in [-0.25, -0.2) is 0 Å². The van der Waals surface area contributed by atoms with E-state index >= 15 is 0 Å². The Labute approximate surface area is 85.6 Å². The van der Waals surface area contributed by atoms with Gasteiger partial charge in [0, 0.05) is 5.56 Å². The minimum absolute atomic E-state index is 0.0795. The summed E-state index contributed by atoms with van der Waals surface area (Å²) in [5.74, 6) is 0.614. The first kappa shape index (κ1) is 9.43. The molecule has 0 radical (unpaired) electrons. The Morgan fingerprint density at radius 1 is 1.50 bits per heavy atom. The normalized spacial score (nSPS) is 15.6. The molecule has 1 aliphatic rings. The topological polar surface area (TPSA) is 58.9 Å². The van der Waals surface area contributed by atoms with Crippen LogP contribution < -0.4 is 9.47 Å². The highest BCUT2D eigenvalue weighted by atomic mass is 35.5. The molecule has 2 rings (SSSR count). The summed E-state index contributed by atoms with van der Waals surface area (Å²) in [7, 11) is 0. The highest BCUT2D eigenvalue weighted by molar-refractivity contribution is 6.34. The number of benzene rings is 1. The Morgan fingerprint density at radius 3 is 2.86 bits per heavy atom.